The number of carbonyl (C=O) groups is 2. The number of carbonyl (C=O) groups excluding carboxylic acids is 2. The van der Waals surface area contributed by atoms with E-state index in [2.05, 4.69) is 47.9 Å². The van der Waals surface area contributed by atoms with E-state index in [1.54, 1.807) is 5.57 Å². The predicted molar refractivity (Wildman–Crippen MR) is 149 cm³/mol. The van der Waals surface area contributed by atoms with Crippen molar-refractivity contribution in [3.8, 4) is 11.8 Å². The third kappa shape index (κ3) is 3.70. The standard InChI is InChI=1S/C34H41NO2/c1-4-17-34(31(37)5-2)18-16-30-28-14-10-24-21-26(36)13-15-27(24)32(28)29(22-33(30,34)3)23-8-11-25(12-9-23)35-19-6-7-20-35/h8-9,11-12,21,28-30H,5-7,10,13-16,18-20,22H2,1-3H3/t28-,29?,30-,33-,34+/m0/s1. The van der Waals surface area contributed by atoms with Crippen LogP contribution in [0.2, 0.25) is 0 Å². The van der Waals surface area contributed by atoms with Gasteiger partial charge in [-0.25, -0.2) is 0 Å². The van der Waals surface area contributed by atoms with Crippen LogP contribution in [0.3, 0.4) is 0 Å². The first-order valence-electron chi connectivity index (χ1n) is 14.7. The number of Topliss-reactive ketones (excluding diaryl/α,β-unsaturated/α-hetero) is 1. The molecule has 5 atom stereocenters. The molecule has 0 amide bonds. The third-order valence-electron chi connectivity index (χ3n) is 10.8. The molecule has 1 heterocycles. The highest BCUT2D eigenvalue weighted by Gasteiger charge is 2.65. The molecule has 194 valence electrons. The maximum absolute atomic E-state index is 13.7. The number of hydrogen-bond acceptors (Lipinski definition) is 3. The van der Waals surface area contributed by atoms with Gasteiger partial charge in [0, 0.05) is 37.5 Å². The number of nitrogens with zero attached hydrogens (tertiary/aromatic N) is 1. The molecule has 6 rings (SSSR count). The monoisotopic (exact) mass is 495 g/mol. The van der Waals surface area contributed by atoms with Gasteiger partial charge in [-0.15, -0.1) is 5.92 Å². The van der Waals surface area contributed by atoms with Crippen LogP contribution in [-0.4, -0.2) is 24.7 Å². The Morgan fingerprint density at radius 3 is 2.54 bits per heavy atom. The largest absolute Gasteiger partial charge is 0.372 e. The number of fused-ring (bicyclic) bond motifs is 4. The molecule has 3 fully saturated rings. The summed E-state index contributed by atoms with van der Waals surface area (Å²) in [7, 11) is 0. The first-order chi connectivity index (χ1) is 17.9. The van der Waals surface area contributed by atoms with Gasteiger partial charge in [0.05, 0.1) is 5.41 Å². The van der Waals surface area contributed by atoms with Crippen LogP contribution in [0.5, 0.6) is 0 Å². The molecule has 1 aromatic rings. The fraction of sp³-hybridized carbons (Fsp3) is 0.588. The lowest BCUT2D eigenvalue weighted by molar-refractivity contribution is -0.132. The first kappa shape index (κ1) is 24.7. The van der Waals surface area contributed by atoms with Crippen molar-refractivity contribution in [1.29, 1.82) is 0 Å². The normalized spacial score (nSPS) is 34.8. The van der Waals surface area contributed by atoms with E-state index in [0.29, 0.717) is 30.5 Å². The summed E-state index contributed by atoms with van der Waals surface area (Å²) < 4.78 is 0. The van der Waals surface area contributed by atoms with Crippen molar-refractivity contribution < 1.29 is 9.59 Å². The Kier molecular flexibility index (Phi) is 6.21. The predicted octanol–water partition coefficient (Wildman–Crippen LogP) is 7.18. The average molecular weight is 496 g/mol. The average Bonchev–Trinajstić information content (AvgIpc) is 3.55. The lowest BCUT2D eigenvalue weighted by Gasteiger charge is -2.54. The number of rotatable bonds is 4. The smallest absolute Gasteiger partial charge is 0.156 e. The van der Waals surface area contributed by atoms with Gasteiger partial charge in [0.25, 0.3) is 0 Å². The molecule has 3 heteroatoms. The summed E-state index contributed by atoms with van der Waals surface area (Å²) in [6.07, 6.45) is 11.6. The maximum Gasteiger partial charge on any atom is 0.156 e. The lowest BCUT2D eigenvalue weighted by Crippen LogP contribution is -2.50. The van der Waals surface area contributed by atoms with Crippen molar-refractivity contribution in [3.63, 3.8) is 0 Å². The van der Waals surface area contributed by atoms with E-state index < -0.39 is 5.41 Å². The molecule has 37 heavy (non-hydrogen) atoms. The number of benzene rings is 1. The molecule has 4 aliphatic carbocycles. The minimum absolute atomic E-state index is 0.137. The minimum atomic E-state index is -0.538. The molecule has 1 aromatic carbocycles. The van der Waals surface area contributed by atoms with Crippen LogP contribution in [0, 0.1) is 34.5 Å². The highest BCUT2D eigenvalue weighted by Crippen LogP contribution is 2.69. The second-order valence-corrected chi connectivity index (χ2v) is 12.4. The second kappa shape index (κ2) is 9.30. The van der Waals surface area contributed by atoms with Crippen molar-refractivity contribution in [2.24, 2.45) is 22.7 Å². The van der Waals surface area contributed by atoms with Crippen molar-refractivity contribution in [2.45, 2.75) is 90.9 Å². The van der Waals surface area contributed by atoms with E-state index in [4.69, 9.17) is 0 Å². The van der Waals surface area contributed by atoms with Gasteiger partial charge >= 0.3 is 0 Å². The van der Waals surface area contributed by atoms with E-state index in [1.807, 2.05) is 19.9 Å². The van der Waals surface area contributed by atoms with E-state index in [9.17, 15) is 9.59 Å². The van der Waals surface area contributed by atoms with E-state index in [0.717, 1.165) is 51.6 Å². The third-order valence-corrected chi connectivity index (χ3v) is 10.8. The van der Waals surface area contributed by atoms with Gasteiger partial charge in [-0.2, -0.15) is 0 Å². The van der Waals surface area contributed by atoms with Crippen molar-refractivity contribution in [2.75, 3.05) is 18.0 Å². The SMILES string of the molecule is CC#C[C@]1(C(=O)CC)CC[C@H]2[C@@H]3CCC4=CC(=O)CCC4=C3C(c3ccc(N4CCCC4)cc3)C[C@@]21C. The van der Waals surface area contributed by atoms with Gasteiger partial charge in [-0.1, -0.05) is 37.5 Å². The zero-order valence-corrected chi connectivity index (χ0v) is 22.9. The summed E-state index contributed by atoms with van der Waals surface area (Å²) in [5.74, 6) is 8.62. The van der Waals surface area contributed by atoms with E-state index in [-0.39, 0.29) is 17.1 Å². The summed E-state index contributed by atoms with van der Waals surface area (Å²) in [5.41, 5.74) is 6.41. The summed E-state index contributed by atoms with van der Waals surface area (Å²) in [6, 6.07) is 9.37. The molecule has 1 aliphatic heterocycles. The van der Waals surface area contributed by atoms with Gasteiger partial charge in [0.15, 0.2) is 11.6 Å². The van der Waals surface area contributed by atoms with E-state index in [1.165, 1.54) is 35.2 Å². The zero-order valence-electron chi connectivity index (χ0n) is 22.9. The minimum Gasteiger partial charge on any atom is -0.372 e. The van der Waals surface area contributed by atoms with Crippen molar-refractivity contribution in [1.82, 2.24) is 0 Å². The number of allylic oxidation sites excluding steroid dienone is 4. The Bertz CT molecular complexity index is 1230. The quantitative estimate of drug-likeness (QED) is 0.415. The molecule has 1 unspecified atom stereocenters. The van der Waals surface area contributed by atoms with Gasteiger partial charge in [-0.05, 0) is 110 Å². The Morgan fingerprint density at radius 1 is 1.08 bits per heavy atom. The molecule has 0 N–H and O–H groups in total. The molecule has 2 saturated carbocycles. The lowest BCUT2D eigenvalue weighted by atomic mass is 9.48. The van der Waals surface area contributed by atoms with Crippen LogP contribution >= 0.6 is 0 Å². The van der Waals surface area contributed by atoms with Crippen LogP contribution in [-0.2, 0) is 9.59 Å². The summed E-state index contributed by atoms with van der Waals surface area (Å²) in [5, 5.41) is 0. The highest BCUT2D eigenvalue weighted by molar-refractivity contribution is 5.93. The summed E-state index contributed by atoms with van der Waals surface area (Å²) in [6.45, 7) is 8.63. The topological polar surface area (TPSA) is 37.4 Å². The zero-order chi connectivity index (χ0) is 25.8. The highest BCUT2D eigenvalue weighted by atomic mass is 16.1. The fourth-order valence-electron chi connectivity index (χ4n) is 9.13. The second-order valence-electron chi connectivity index (χ2n) is 12.4. The van der Waals surface area contributed by atoms with Crippen LogP contribution < -0.4 is 4.90 Å². The van der Waals surface area contributed by atoms with Crippen LogP contribution in [0.4, 0.5) is 5.69 Å². The fourth-order valence-corrected chi connectivity index (χ4v) is 9.13. The Labute approximate surface area is 222 Å². The molecule has 0 radical (unpaired) electrons. The number of ketones is 2. The molecule has 5 aliphatic rings. The van der Waals surface area contributed by atoms with Crippen LogP contribution in [0.1, 0.15) is 96.5 Å². The van der Waals surface area contributed by atoms with Crippen LogP contribution in [0.15, 0.2) is 47.1 Å². The molecule has 0 aromatic heterocycles. The first-order valence-corrected chi connectivity index (χ1v) is 14.7. The molecule has 1 saturated heterocycles. The molecule has 0 spiro atoms. The molecule has 0 bridgehead atoms. The maximum atomic E-state index is 13.7. The number of hydrogen-bond donors (Lipinski definition) is 0. The molecule has 3 nitrogen and oxygen atoms in total. The molecular weight excluding hydrogens is 454 g/mol. The number of anilines is 1. The Morgan fingerprint density at radius 2 is 1.84 bits per heavy atom. The Hall–Kier alpha value is -2.60. The van der Waals surface area contributed by atoms with E-state index >= 15 is 0 Å². The van der Waals surface area contributed by atoms with Crippen molar-refractivity contribution in [3.05, 3.63) is 52.6 Å². The van der Waals surface area contributed by atoms with Gasteiger partial charge in [0.1, 0.15) is 0 Å². The van der Waals surface area contributed by atoms with Crippen LogP contribution in [0.25, 0.3) is 0 Å². The summed E-state index contributed by atoms with van der Waals surface area (Å²) in [4.78, 5) is 28.5. The van der Waals surface area contributed by atoms with Gasteiger partial charge in [0.2, 0.25) is 0 Å². The summed E-state index contributed by atoms with van der Waals surface area (Å²) >= 11 is 0. The Balaban J connectivity index is 1.49. The van der Waals surface area contributed by atoms with Gasteiger partial charge in [-0.3, -0.25) is 9.59 Å². The van der Waals surface area contributed by atoms with Crippen molar-refractivity contribution >= 4 is 17.3 Å². The molecular formula is C34H41NO2. The van der Waals surface area contributed by atoms with Gasteiger partial charge < -0.3 is 4.90 Å².